The topological polar surface area (TPSA) is 61.2 Å². The molecule has 2 saturated heterocycles. The molecule has 19 heavy (non-hydrogen) atoms. The maximum atomic E-state index is 13.5. The number of benzene rings is 1. The van der Waals surface area contributed by atoms with Crippen molar-refractivity contribution in [3.05, 3.63) is 29.0 Å². The van der Waals surface area contributed by atoms with Crippen LogP contribution in [0.5, 0.6) is 0 Å². The Morgan fingerprint density at radius 3 is 2.84 bits per heavy atom. The van der Waals surface area contributed by atoms with E-state index in [0.29, 0.717) is 5.69 Å². The number of sulfone groups is 1. The number of rotatable bonds is 1. The first kappa shape index (κ1) is 13.2. The van der Waals surface area contributed by atoms with Crippen LogP contribution in [0.3, 0.4) is 0 Å². The van der Waals surface area contributed by atoms with E-state index in [2.05, 4.69) is 0 Å². The molecule has 0 amide bonds. The second-order valence-corrected chi connectivity index (χ2v) is 8.36. The van der Waals surface area contributed by atoms with E-state index in [1.807, 2.05) is 0 Å². The van der Waals surface area contributed by atoms with Crippen molar-refractivity contribution in [1.29, 1.82) is 5.41 Å². The zero-order valence-corrected chi connectivity index (χ0v) is 12.0. The highest BCUT2D eigenvalue weighted by Gasteiger charge is 2.48. The standard InChI is InChI=1S/C11H10ClFN2O2S2/c12-7-2-1-6(3-8(7)13)15-9-4-19(16,17)5-10(9)18-11(15)14/h1-3,9-10,14H,4-5H2/t9-,10+/m1/s1. The van der Waals surface area contributed by atoms with Gasteiger partial charge in [-0.15, -0.1) is 0 Å². The molecule has 0 aliphatic carbocycles. The Kier molecular flexibility index (Phi) is 3.03. The van der Waals surface area contributed by atoms with Gasteiger partial charge in [0.25, 0.3) is 0 Å². The highest BCUT2D eigenvalue weighted by molar-refractivity contribution is 8.15. The summed E-state index contributed by atoms with van der Waals surface area (Å²) in [6.07, 6.45) is 0. The fourth-order valence-electron chi connectivity index (χ4n) is 2.44. The number of hydrogen-bond donors (Lipinski definition) is 1. The van der Waals surface area contributed by atoms with Crippen LogP contribution < -0.4 is 4.90 Å². The fourth-order valence-corrected chi connectivity index (χ4v) is 6.35. The zero-order valence-electron chi connectivity index (χ0n) is 9.64. The highest BCUT2D eigenvalue weighted by atomic mass is 35.5. The maximum absolute atomic E-state index is 13.5. The minimum Gasteiger partial charge on any atom is -0.316 e. The van der Waals surface area contributed by atoms with Gasteiger partial charge in [0.2, 0.25) is 0 Å². The molecular weight excluding hydrogens is 311 g/mol. The predicted molar refractivity (Wildman–Crippen MR) is 75.4 cm³/mol. The van der Waals surface area contributed by atoms with Crippen LogP contribution >= 0.6 is 23.4 Å². The smallest absolute Gasteiger partial charge is 0.161 e. The van der Waals surface area contributed by atoms with Crippen molar-refractivity contribution in [3.8, 4) is 0 Å². The molecule has 102 valence electrons. The van der Waals surface area contributed by atoms with E-state index in [1.54, 1.807) is 11.0 Å². The minimum absolute atomic E-state index is 0.0112. The molecule has 0 bridgehead atoms. The summed E-state index contributed by atoms with van der Waals surface area (Å²) in [4.78, 5) is 1.58. The second kappa shape index (κ2) is 4.36. The molecule has 0 saturated carbocycles. The summed E-state index contributed by atoms with van der Waals surface area (Å²) >= 11 is 6.86. The molecule has 8 heteroatoms. The normalized spacial score (nSPS) is 28.7. The number of amidine groups is 1. The molecule has 1 aromatic carbocycles. The number of thioether (sulfide) groups is 1. The molecule has 4 nitrogen and oxygen atoms in total. The van der Waals surface area contributed by atoms with Gasteiger partial charge in [-0.2, -0.15) is 0 Å². The summed E-state index contributed by atoms with van der Waals surface area (Å²) in [7, 11) is -3.07. The van der Waals surface area contributed by atoms with Gasteiger partial charge < -0.3 is 4.90 Å². The molecule has 2 heterocycles. The number of fused-ring (bicyclic) bond motifs is 1. The molecule has 1 aromatic rings. The van der Waals surface area contributed by atoms with Crippen LogP contribution in [0, 0.1) is 11.2 Å². The number of nitrogens with one attached hydrogen (secondary N) is 1. The first-order valence-corrected chi connectivity index (χ1v) is 8.65. The monoisotopic (exact) mass is 320 g/mol. The van der Waals surface area contributed by atoms with Gasteiger partial charge in [-0.3, -0.25) is 5.41 Å². The van der Waals surface area contributed by atoms with Crippen molar-refractivity contribution in [3.63, 3.8) is 0 Å². The Bertz CT molecular complexity index is 665. The van der Waals surface area contributed by atoms with Crippen molar-refractivity contribution in [1.82, 2.24) is 0 Å². The number of halogens is 2. The second-order valence-electron chi connectivity index (χ2n) is 4.57. The molecule has 3 rings (SSSR count). The summed E-state index contributed by atoms with van der Waals surface area (Å²) in [5, 5.41) is 8.06. The van der Waals surface area contributed by atoms with Crippen molar-refractivity contribution in [2.24, 2.45) is 0 Å². The number of anilines is 1. The first-order valence-electron chi connectivity index (χ1n) is 5.57. The predicted octanol–water partition coefficient (Wildman–Crippen LogP) is 2.13. The molecule has 0 spiro atoms. The highest BCUT2D eigenvalue weighted by Crippen LogP contribution is 2.40. The molecule has 2 fully saturated rings. The van der Waals surface area contributed by atoms with E-state index in [1.165, 1.54) is 23.9 Å². The quantitative estimate of drug-likeness (QED) is 0.861. The van der Waals surface area contributed by atoms with E-state index in [0.717, 1.165) is 0 Å². The Morgan fingerprint density at radius 2 is 2.16 bits per heavy atom. The summed E-state index contributed by atoms with van der Waals surface area (Å²) in [6.45, 7) is 0. The fraction of sp³-hybridized carbons (Fsp3) is 0.364. The van der Waals surface area contributed by atoms with Gasteiger partial charge in [0.05, 0.1) is 22.6 Å². The average molecular weight is 321 g/mol. The third kappa shape index (κ3) is 2.23. The average Bonchev–Trinajstić information content (AvgIpc) is 2.73. The van der Waals surface area contributed by atoms with E-state index in [4.69, 9.17) is 17.0 Å². The summed E-state index contributed by atoms with van der Waals surface area (Å²) in [5.41, 5.74) is 0.476. The van der Waals surface area contributed by atoms with Gasteiger partial charge >= 0.3 is 0 Å². The van der Waals surface area contributed by atoms with Crippen LogP contribution in [0.15, 0.2) is 18.2 Å². The molecule has 0 unspecified atom stereocenters. The van der Waals surface area contributed by atoms with Crippen LogP contribution in [0.1, 0.15) is 0 Å². The molecule has 2 aliphatic heterocycles. The Labute approximate surface area is 119 Å². The summed E-state index contributed by atoms with van der Waals surface area (Å²) in [6, 6.07) is 3.97. The largest absolute Gasteiger partial charge is 0.316 e. The van der Waals surface area contributed by atoms with Crippen molar-refractivity contribution < 1.29 is 12.8 Å². The Hall–Kier alpha value is -0.790. The van der Waals surface area contributed by atoms with Gasteiger partial charge in [0.15, 0.2) is 15.0 Å². The first-order chi connectivity index (χ1) is 8.87. The third-order valence-corrected chi connectivity index (χ3v) is 6.70. The lowest BCUT2D eigenvalue weighted by atomic mass is 10.2. The van der Waals surface area contributed by atoms with Gasteiger partial charge in [0, 0.05) is 10.9 Å². The zero-order chi connectivity index (χ0) is 13.8. The van der Waals surface area contributed by atoms with Crippen molar-refractivity contribution in [2.45, 2.75) is 11.3 Å². The summed E-state index contributed by atoms with van der Waals surface area (Å²) < 4.78 is 36.8. The summed E-state index contributed by atoms with van der Waals surface area (Å²) in [5.74, 6) is -0.476. The minimum atomic E-state index is -3.07. The van der Waals surface area contributed by atoms with Crippen molar-refractivity contribution in [2.75, 3.05) is 16.4 Å². The van der Waals surface area contributed by atoms with Gasteiger partial charge in [0.1, 0.15) is 5.82 Å². The van der Waals surface area contributed by atoms with Gasteiger partial charge in [-0.1, -0.05) is 23.4 Å². The van der Waals surface area contributed by atoms with E-state index >= 15 is 0 Å². The molecule has 1 N–H and O–H groups in total. The van der Waals surface area contributed by atoms with E-state index in [-0.39, 0.29) is 33.0 Å². The Morgan fingerprint density at radius 1 is 1.42 bits per heavy atom. The lowest BCUT2D eigenvalue weighted by molar-refractivity contribution is 0.601. The molecule has 0 aromatic heterocycles. The molecule has 2 aliphatic rings. The van der Waals surface area contributed by atoms with Crippen LogP contribution in [0.25, 0.3) is 0 Å². The third-order valence-electron chi connectivity index (χ3n) is 3.27. The van der Waals surface area contributed by atoms with Crippen LogP contribution in [0.4, 0.5) is 10.1 Å². The lowest BCUT2D eigenvalue weighted by Gasteiger charge is -2.23. The van der Waals surface area contributed by atoms with Gasteiger partial charge in [-0.25, -0.2) is 12.8 Å². The SMILES string of the molecule is N=C1S[C@H]2CS(=O)(=O)C[C@H]2N1c1ccc(Cl)c(F)c1. The maximum Gasteiger partial charge on any atom is 0.161 e. The molecular formula is C11H10ClFN2O2S2. The van der Waals surface area contributed by atoms with Crippen LogP contribution in [-0.2, 0) is 9.84 Å². The van der Waals surface area contributed by atoms with Gasteiger partial charge in [-0.05, 0) is 18.2 Å². The lowest BCUT2D eigenvalue weighted by Crippen LogP contribution is -2.37. The Balaban J connectivity index is 1.99. The molecule has 0 radical (unpaired) electrons. The van der Waals surface area contributed by atoms with Crippen molar-refractivity contribution >= 4 is 44.1 Å². The number of hydrogen-bond acceptors (Lipinski definition) is 4. The van der Waals surface area contributed by atoms with E-state index < -0.39 is 15.7 Å². The van der Waals surface area contributed by atoms with Crippen LogP contribution in [-0.4, -0.2) is 36.4 Å². The number of nitrogens with zero attached hydrogens (tertiary/aromatic N) is 1. The van der Waals surface area contributed by atoms with E-state index in [9.17, 15) is 12.8 Å². The van der Waals surface area contributed by atoms with Crippen LogP contribution in [0.2, 0.25) is 5.02 Å². The molecule has 2 atom stereocenters.